The summed E-state index contributed by atoms with van der Waals surface area (Å²) in [4.78, 5) is 31.2. The van der Waals surface area contributed by atoms with E-state index < -0.39 is 0 Å². The van der Waals surface area contributed by atoms with Gasteiger partial charge in [-0.25, -0.2) is 24.9 Å². The number of likely N-dealkylation sites (tertiary alicyclic amines) is 1. The summed E-state index contributed by atoms with van der Waals surface area (Å²) in [5.74, 6) is 1.87. The second-order valence-corrected chi connectivity index (χ2v) is 11.5. The van der Waals surface area contributed by atoms with Gasteiger partial charge in [0.2, 0.25) is 11.8 Å². The highest BCUT2D eigenvalue weighted by atomic mass is 15.4. The molecule has 214 valence electrons. The number of imidazole rings is 1. The summed E-state index contributed by atoms with van der Waals surface area (Å²) in [6.45, 7) is 4.69. The van der Waals surface area contributed by atoms with E-state index in [9.17, 15) is 0 Å². The zero-order valence-electron chi connectivity index (χ0n) is 23.7. The Morgan fingerprint density at radius 3 is 2.41 bits per heavy atom. The topological polar surface area (TPSA) is 139 Å². The van der Waals surface area contributed by atoms with Crippen LogP contribution in [0.5, 0.6) is 0 Å². The molecule has 2 aromatic carbocycles. The summed E-state index contributed by atoms with van der Waals surface area (Å²) >= 11 is 0. The third-order valence-electron chi connectivity index (χ3n) is 8.37. The molecule has 0 atom stereocenters. The van der Waals surface area contributed by atoms with Crippen molar-refractivity contribution in [2.45, 2.75) is 6.54 Å². The van der Waals surface area contributed by atoms with Crippen LogP contribution in [0.25, 0.3) is 39.5 Å². The highest BCUT2D eigenvalue weighted by Gasteiger charge is 2.52. The van der Waals surface area contributed by atoms with Crippen LogP contribution in [0.4, 0.5) is 11.8 Å². The first-order valence-electron chi connectivity index (χ1n) is 14.4. The molecule has 0 amide bonds. The number of rotatable bonds is 6. The van der Waals surface area contributed by atoms with E-state index in [-0.39, 0.29) is 11.2 Å². The number of pyridine rings is 2. The van der Waals surface area contributed by atoms with Crippen molar-refractivity contribution in [3.63, 3.8) is 0 Å². The normalized spacial score (nSPS) is 15.6. The molecule has 2 fully saturated rings. The predicted molar refractivity (Wildman–Crippen MR) is 166 cm³/mol. The minimum absolute atomic E-state index is 0.154. The molecule has 11 heteroatoms. The molecular weight excluding hydrogens is 550 g/mol. The predicted octanol–water partition coefficient (Wildman–Crippen LogP) is 4.11. The number of nitrogens with two attached hydrogens (primary N) is 1. The van der Waals surface area contributed by atoms with E-state index in [1.807, 2.05) is 48.5 Å². The molecule has 6 aromatic rings. The fourth-order valence-corrected chi connectivity index (χ4v) is 6.38. The lowest BCUT2D eigenvalue weighted by Crippen LogP contribution is -2.72. The number of fused-ring (bicyclic) bond motifs is 1. The van der Waals surface area contributed by atoms with Crippen LogP contribution < -0.4 is 10.6 Å². The number of anilines is 2. The highest BCUT2D eigenvalue weighted by Crippen LogP contribution is 2.41. The largest absolute Gasteiger partial charge is 0.383 e. The fourth-order valence-electron chi connectivity index (χ4n) is 6.38. The second kappa shape index (κ2) is 10.2. The molecule has 0 radical (unpaired) electrons. The van der Waals surface area contributed by atoms with Gasteiger partial charge in [0.05, 0.1) is 11.3 Å². The minimum atomic E-state index is 0.154. The number of hydrogen-bond donors (Lipinski definition) is 1. The SMILES string of the molecule is N#Cc1ncnc(N2CC3(CN(Cc4ccc(-n5c(-c6cccnc6N)nc6ccc(-c7ccccc7)nc65)cc4)C3)C2)n1. The van der Waals surface area contributed by atoms with Crippen molar-refractivity contribution in [2.24, 2.45) is 5.41 Å². The first-order valence-corrected chi connectivity index (χ1v) is 14.4. The summed E-state index contributed by atoms with van der Waals surface area (Å²) < 4.78 is 2.07. The fraction of sp³-hybridized carbons (Fsp3) is 0.182. The van der Waals surface area contributed by atoms with Crippen LogP contribution in [0.1, 0.15) is 11.4 Å². The average Bonchev–Trinajstić information content (AvgIpc) is 3.41. The molecule has 8 rings (SSSR count). The Kier molecular flexibility index (Phi) is 6.02. The van der Waals surface area contributed by atoms with Crippen LogP contribution in [0.2, 0.25) is 0 Å². The molecule has 1 spiro atoms. The maximum absolute atomic E-state index is 9.07. The van der Waals surface area contributed by atoms with Gasteiger partial charge >= 0.3 is 0 Å². The van der Waals surface area contributed by atoms with Gasteiger partial charge in [-0.1, -0.05) is 42.5 Å². The lowest BCUT2D eigenvalue weighted by molar-refractivity contribution is -0.0280. The van der Waals surface area contributed by atoms with Crippen molar-refractivity contribution in [1.29, 1.82) is 5.26 Å². The monoisotopic (exact) mass is 577 g/mol. The van der Waals surface area contributed by atoms with E-state index in [4.69, 9.17) is 21.0 Å². The zero-order chi connectivity index (χ0) is 29.7. The molecule has 2 aliphatic heterocycles. The summed E-state index contributed by atoms with van der Waals surface area (Å²) in [6.07, 6.45) is 3.09. The van der Waals surface area contributed by atoms with Gasteiger partial charge in [-0.15, -0.1) is 0 Å². The van der Waals surface area contributed by atoms with Crippen LogP contribution >= 0.6 is 0 Å². The summed E-state index contributed by atoms with van der Waals surface area (Å²) in [5, 5.41) is 9.07. The van der Waals surface area contributed by atoms with Gasteiger partial charge in [-0.05, 0) is 42.0 Å². The van der Waals surface area contributed by atoms with Crippen LogP contribution in [0, 0.1) is 16.7 Å². The number of benzene rings is 2. The number of nitriles is 1. The van der Waals surface area contributed by atoms with Crippen LogP contribution in [-0.4, -0.2) is 65.5 Å². The third-order valence-corrected chi connectivity index (χ3v) is 8.37. The quantitative estimate of drug-likeness (QED) is 0.308. The van der Waals surface area contributed by atoms with Crippen LogP contribution in [-0.2, 0) is 6.54 Å². The second-order valence-electron chi connectivity index (χ2n) is 11.5. The lowest BCUT2D eigenvalue weighted by atomic mass is 9.73. The van der Waals surface area contributed by atoms with Gasteiger partial charge in [0.1, 0.15) is 23.7 Å². The molecular formula is C33H27N11. The van der Waals surface area contributed by atoms with E-state index in [0.717, 1.165) is 66.4 Å². The molecule has 6 heterocycles. The van der Waals surface area contributed by atoms with E-state index in [1.54, 1.807) is 6.20 Å². The van der Waals surface area contributed by atoms with E-state index >= 15 is 0 Å². The Balaban J connectivity index is 1.04. The summed E-state index contributed by atoms with van der Waals surface area (Å²) in [7, 11) is 0. The van der Waals surface area contributed by atoms with Crippen molar-refractivity contribution < 1.29 is 0 Å². The number of nitrogen functional groups attached to an aromatic ring is 1. The standard InChI is InChI=1S/C33H27N11/c34-15-28-37-21-38-32(41-28)43-19-33(20-43)17-42(18-33)16-22-8-10-24(11-9-22)44-30(25-7-4-14-36-29(25)35)40-27-13-12-26(39-31(27)44)23-5-2-1-3-6-23/h1-14,21H,16-20H2,(H2,35,36). The number of nitrogens with zero attached hydrogens (tertiary/aromatic N) is 10. The van der Waals surface area contributed by atoms with Crippen molar-refractivity contribution >= 4 is 22.9 Å². The Morgan fingerprint density at radius 1 is 0.818 bits per heavy atom. The van der Waals surface area contributed by atoms with Crippen molar-refractivity contribution in [2.75, 3.05) is 36.8 Å². The maximum Gasteiger partial charge on any atom is 0.236 e. The van der Waals surface area contributed by atoms with Crippen molar-refractivity contribution in [1.82, 2.24) is 39.4 Å². The molecule has 2 aliphatic rings. The Morgan fingerprint density at radius 2 is 1.64 bits per heavy atom. The van der Waals surface area contributed by atoms with E-state index in [1.165, 1.54) is 11.9 Å². The van der Waals surface area contributed by atoms with Crippen molar-refractivity contribution in [3.8, 4) is 34.4 Å². The van der Waals surface area contributed by atoms with Gasteiger partial charge in [0.15, 0.2) is 11.5 Å². The molecule has 0 saturated carbocycles. The summed E-state index contributed by atoms with van der Waals surface area (Å²) in [5.41, 5.74) is 13.0. The first kappa shape index (κ1) is 25.9. The number of hydrogen-bond acceptors (Lipinski definition) is 10. The summed E-state index contributed by atoms with van der Waals surface area (Å²) in [6, 6.07) is 28.5. The highest BCUT2D eigenvalue weighted by molar-refractivity contribution is 5.84. The van der Waals surface area contributed by atoms with Gasteiger partial charge in [-0.3, -0.25) is 9.47 Å². The molecule has 44 heavy (non-hydrogen) atoms. The Bertz CT molecular complexity index is 2030. The smallest absolute Gasteiger partial charge is 0.236 e. The Hall–Kier alpha value is -5.73. The molecule has 0 bridgehead atoms. The van der Waals surface area contributed by atoms with Gasteiger partial charge in [-0.2, -0.15) is 10.2 Å². The van der Waals surface area contributed by atoms with Crippen LogP contribution in [0.15, 0.2) is 91.4 Å². The molecule has 0 unspecified atom stereocenters. The van der Waals surface area contributed by atoms with E-state index in [0.29, 0.717) is 17.6 Å². The molecule has 0 aliphatic carbocycles. The third kappa shape index (κ3) is 4.49. The molecule has 2 saturated heterocycles. The van der Waals surface area contributed by atoms with E-state index in [2.05, 4.69) is 70.7 Å². The first-order chi connectivity index (χ1) is 21.6. The lowest BCUT2D eigenvalue weighted by Gasteiger charge is -2.60. The van der Waals surface area contributed by atoms with Gasteiger partial charge in [0, 0.05) is 55.6 Å². The van der Waals surface area contributed by atoms with Crippen LogP contribution in [0.3, 0.4) is 0 Å². The Labute approximate surface area is 253 Å². The molecule has 2 N–H and O–H groups in total. The van der Waals surface area contributed by atoms with Gasteiger partial charge < -0.3 is 10.6 Å². The maximum atomic E-state index is 9.07. The van der Waals surface area contributed by atoms with Gasteiger partial charge in [0.25, 0.3) is 0 Å². The van der Waals surface area contributed by atoms with Crippen molar-refractivity contribution in [3.05, 3.63) is 103 Å². The zero-order valence-corrected chi connectivity index (χ0v) is 23.7. The number of aromatic nitrogens is 7. The molecule has 11 nitrogen and oxygen atoms in total. The molecule has 4 aromatic heterocycles. The average molecular weight is 578 g/mol. The minimum Gasteiger partial charge on any atom is -0.383 e.